The zero-order valence-electron chi connectivity index (χ0n) is 10.9. The first kappa shape index (κ1) is 13.7. The van der Waals surface area contributed by atoms with Crippen LogP contribution in [0.5, 0.6) is 5.75 Å². The number of phenolic OH excluding ortho intramolecular Hbond substituents is 1. The van der Waals surface area contributed by atoms with Crippen molar-refractivity contribution in [1.29, 1.82) is 0 Å². The number of hydrogen-bond donors (Lipinski definition) is 4. The van der Waals surface area contributed by atoms with E-state index >= 15 is 0 Å². The smallest absolute Gasteiger partial charge is 0.253 e. The first-order valence-corrected chi connectivity index (χ1v) is 5.98. The largest absolute Gasteiger partial charge is 0.508 e. The summed E-state index contributed by atoms with van der Waals surface area (Å²) in [6, 6.07) is 6.03. The Morgan fingerprint density at radius 2 is 2.15 bits per heavy atom. The number of primary amides is 1. The van der Waals surface area contributed by atoms with Gasteiger partial charge in [-0.3, -0.25) is 9.59 Å². The molecule has 0 saturated carbocycles. The minimum Gasteiger partial charge on any atom is -0.508 e. The fourth-order valence-electron chi connectivity index (χ4n) is 1.77. The molecule has 2 rings (SSSR count). The van der Waals surface area contributed by atoms with E-state index in [2.05, 4.69) is 10.6 Å². The summed E-state index contributed by atoms with van der Waals surface area (Å²) in [4.78, 5) is 23.1. The Morgan fingerprint density at radius 3 is 2.70 bits per heavy atom. The first-order chi connectivity index (χ1) is 9.39. The van der Waals surface area contributed by atoms with E-state index in [0.717, 1.165) is 0 Å². The van der Waals surface area contributed by atoms with Crippen LogP contribution in [-0.4, -0.2) is 22.6 Å². The van der Waals surface area contributed by atoms with Crippen molar-refractivity contribution in [2.75, 3.05) is 0 Å². The third-order valence-corrected chi connectivity index (χ3v) is 2.89. The molecule has 0 aliphatic carbocycles. The summed E-state index contributed by atoms with van der Waals surface area (Å²) in [6.45, 7) is 1.73. The summed E-state index contributed by atoms with van der Waals surface area (Å²) in [5, 5.41) is 15.0. The van der Waals surface area contributed by atoms with Gasteiger partial charge in [0.1, 0.15) is 11.4 Å². The summed E-state index contributed by atoms with van der Waals surface area (Å²) in [5.74, 6) is -0.877. The molecule has 5 N–H and O–H groups in total. The fraction of sp³-hybridized carbons (Fsp3) is 0.143. The van der Waals surface area contributed by atoms with Crippen molar-refractivity contribution in [2.24, 2.45) is 5.73 Å². The van der Waals surface area contributed by atoms with E-state index in [9.17, 15) is 14.7 Å². The van der Waals surface area contributed by atoms with Gasteiger partial charge in [0.2, 0.25) is 5.91 Å². The molecule has 1 unspecified atom stereocenters. The highest BCUT2D eigenvalue weighted by atomic mass is 16.3. The third kappa shape index (κ3) is 2.97. The molecule has 1 aromatic carbocycles. The fourth-order valence-corrected chi connectivity index (χ4v) is 1.77. The molecule has 0 fully saturated rings. The predicted molar refractivity (Wildman–Crippen MR) is 73.5 cm³/mol. The van der Waals surface area contributed by atoms with Crippen molar-refractivity contribution in [3.05, 3.63) is 53.8 Å². The minimum atomic E-state index is -0.832. The van der Waals surface area contributed by atoms with Gasteiger partial charge in [0, 0.05) is 11.8 Å². The Balaban J connectivity index is 2.09. The van der Waals surface area contributed by atoms with E-state index < -0.39 is 11.6 Å². The molecule has 1 aliphatic rings. The van der Waals surface area contributed by atoms with Gasteiger partial charge >= 0.3 is 0 Å². The molecule has 104 valence electrons. The van der Waals surface area contributed by atoms with Crippen LogP contribution in [0.15, 0.2) is 48.2 Å². The number of benzene rings is 1. The van der Waals surface area contributed by atoms with E-state index in [0.29, 0.717) is 11.1 Å². The maximum atomic E-state index is 12.1. The van der Waals surface area contributed by atoms with Gasteiger partial charge in [0.25, 0.3) is 5.91 Å². The van der Waals surface area contributed by atoms with Crippen molar-refractivity contribution in [3.63, 3.8) is 0 Å². The lowest BCUT2D eigenvalue weighted by Gasteiger charge is -2.30. The van der Waals surface area contributed by atoms with Gasteiger partial charge in [-0.25, -0.2) is 0 Å². The SMILES string of the molecule is CC1(NC(=O)c2cccc(O)c2)C=CC(C(N)=O)=CN1. The Kier molecular flexibility index (Phi) is 3.47. The molecule has 20 heavy (non-hydrogen) atoms. The highest BCUT2D eigenvalue weighted by molar-refractivity contribution is 5.96. The molecule has 2 amide bonds. The molecule has 0 saturated heterocycles. The molecule has 1 heterocycles. The number of hydrogen-bond acceptors (Lipinski definition) is 4. The average molecular weight is 273 g/mol. The molecule has 0 bridgehead atoms. The Labute approximate surface area is 116 Å². The molecule has 0 radical (unpaired) electrons. The summed E-state index contributed by atoms with van der Waals surface area (Å²) in [5.41, 5.74) is 4.99. The average Bonchev–Trinajstić information content (AvgIpc) is 2.38. The second-order valence-corrected chi connectivity index (χ2v) is 4.65. The van der Waals surface area contributed by atoms with Crippen LogP contribution in [0.3, 0.4) is 0 Å². The van der Waals surface area contributed by atoms with Crippen molar-refractivity contribution in [1.82, 2.24) is 10.6 Å². The number of dihydropyridines is 1. The molecule has 1 aromatic rings. The number of aromatic hydroxyl groups is 1. The van der Waals surface area contributed by atoms with Crippen LogP contribution in [0.25, 0.3) is 0 Å². The van der Waals surface area contributed by atoms with E-state index in [4.69, 9.17) is 5.73 Å². The quantitative estimate of drug-likeness (QED) is 0.638. The maximum absolute atomic E-state index is 12.1. The van der Waals surface area contributed by atoms with Crippen LogP contribution in [0.1, 0.15) is 17.3 Å². The zero-order valence-corrected chi connectivity index (χ0v) is 10.9. The molecule has 6 heteroatoms. The molecular weight excluding hydrogens is 258 g/mol. The normalized spacial score (nSPS) is 20.8. The lowest BCUT2D eigenvalue weighted by molar-refractivity contribution is -0.114. The number of nitrogens with two attached hydrogens (primary N) is 1. The molecule has 0 aromatic heterocycles. The standard InChI is InChI=1S/C14H15N3O3/c1-14(6-5-10(8-16-14)12(15)19)17-13(20)9-3-2-4-11(18)7-9/h2-8,16,18H,1H3,(H2,15,19)(H,17,20). The highest BCUT2D eigenvalue weighted by Gasteiger charge is 2.25. The van der Waals surface area contributed by atoms with Gasteiger partial charge in [0.05, 0.1) is 5.57 Å². The van der Waals surface area contributed by atoms with Crippen LogP contribution < -0.4 is 16.4 Å². The molecular formula is C14H15N3O3. The first-order valence-electron chi connectivity index (χ1n) is 5.98. The number of carbonyl (C=O) groups excluding carboxylic acids is 2. The second-order valence-electron chi connectivity index (χ2n) is 4.65. The Morgan fingerprint density at radius 1 is 1.40 bits per heavy atom. The zero-order chi connectivity index (χ0) is 14.8. The van der Waals surface area contributed by atoms with Gasteiger partial charge < -0.3 is 21.5 Å². The topological polar surface area (TPSA) is 104 Å². The second kappa shape index (κ2) is 5.08. The molecule has 6 nitrogen and oxygen atoms in total. The summed E-state index contributed by atoms with van der Waals surface area (Å²) in [7, 11) is 0. The summed E-state index contributed by atoms with van der Waals surface area (Å²) in [6.07, 6.45) is 4.63. The number of carbonyl (C=O) groups is 2. The summed E-state index contributed by atoms with van der Waals surface area (Å²) < 4.78 is 0. The monoisotopic (exact) mass is 273 g/mol. The lowest BCUT2D eigenvalue weighted by atomic mass is 10.1. The van der Waals surface area contributed by atoms with E-state index in [-0.39, 0.29) is 11.7 Å². The van der Waals surface area contributed by atoms with Crippen LogP contribution in [0.4, 0.5) is 0 Å². The predicted octanol–water partition coefficient (Wildman–Crippen LogP) is 0.367. The van der Waals surface area contributed by atoms with Gasteiger partial charge in [0.15, 0.2) is 0 Å². The highest BCUT2D eigenvalue weighted by Crippen LogP contribution is 2.14. The molecule has 1 aliphatic heterocycles. The van der Waals surface area contributed by atoms with E-state index in [1.54, 1.807) is 31.2 Å². The lowest BCUT2D eigenvalue weighted by Crippen LogP contribution is -2.54. The van der Waals surface area contributed by atoms with Crippen molar-refractivity contribution < 1.29 is 14.7 Å². The van der Waals surface area contributed by atoms with Crippen LogP contribution >= 0.6 is 0 Å². The Hall–Kier alpha value is -2.76. The van der Waals surface area contributed by atoms with Crippen LogP contribution in [0.2, 0.25) is 0 Å². The Bertz CT molecular complexity index is 622. The third-order valence-electron chi connectivity index (χ3n) is 2.89. The number of rotatable bonds is 3. The molecule has 0 spiro atoms. The van der Waals surface area contributed by atoms with Gasteiger partial charge in [-0.1, -0.05) is 6.07 Å². The number of nitrogens with one attached hydrogen (secondary N) is 2. The summed E-state index contributed by atoms with van der Waals surface area (Å²) >= 11 is 0. The van der Waals surface area contributed by atoms with Crippen molar-refractivity contribution in [3.8, 4) is 5.75 Å². The van der Waals surface area contributed by atoms with Crippen LogP contribution in [0, 0.1) is 0 Å². The van der Waals surface area contributed by atoms with Crippen LogP contribution in [-0.2, 0) is 4.79 Å². The molecule has 1 atom stereocenters. The number of phenols is 1. The number of amides is 2. The minimum absolute atomic E-state index is 0.0193. The van der Waals surface area contributed by atoms with Crippen molar-refractivity contribution in [2.45, 2.75) is 12.6 Å². The maximum Gasteiger partial charge on any atom is 0.253 e. The van der Waals surface area contributed by atoms with Gasteiger partial charge in [-0.05, 0) is 37.3 Å². The van der Waals surface area contributed by atoms with E-state index in [1.165, 1.54) is 18.3 Å². The van der Waals surface area contributed by atoms with Crippen molar-refractivity contribution >= 4 is 11.8 Å². The van der Waals surface area contributed by atoms with Gasteiger partial charge in [-0.15, -0.1) is 0 Å². The van der Waals surface area contributed by atoms with E-state index in [1.807, 2.05) is 0 Å². The van der Waals surface area contributed by atoms with Gasteiger partial charge in [-0.2, -0.15) is 0 Å².